The molecule has 1 unspecified atom stereocenters. The lowest BCUT2D eigenvalue weighted by atomic mass is 9.98. The van der Waals surface area contributed by atoms with Crippen LogP contribution in [0.25, 0.3) is 0 Å². The normalized spacial score (nSPS) is 25.9. The van der Waals surface area contributed by atoms with E-state index in [1.807, 2.05) is 17.8 Å². The first-order valence-corrected chi connectivity index (χ1v) is 6.73. The van der Waals surface area contributed by atoms with Crippen molar-refractivity contribution in [3.8, 4) is 0 Å². The predicted molar refractivity (Wildman–Crippen MR) is 68.8 cm³/mol. The highest BCUT2D eigenvalue weighted by Gasteiger charge is 2.22. The van der Waals surface area contributed by atoms with Crippen molar-refractivity contribution in [2.24, 2.45) is 5.73 Å². The van der Waals surface area contributed by atoms with Gasteiger partial charge in [-0.3, -0.25) is 0 Å². The van der Waals surface area contributed by atoms with Crippen LogP contribution in [0.3, 0.4) is 0 Å². The van der Waals surface area contributed by atoms with Crippen LogP contribution in [0.2, 0.25) is 10.0 Å². The van der Waals surface area contributed by atoms with E-state index >= 15 is 0 Å². The van der Waals surface area contributed by atoms with Gasteiger partial charge in [0.15, 0.2) is 0 Å². The molecule has 1 aliphatic rings. The third-order valence-corrected chi connectivity index (χ3v) is 4.46. The van der Waals surface area contributed by atoms with E-state index in [0.717, 1.165) is 28.3 Å². The molecular weight excluding hydrogens is 249 g/mol. The van der Waals surface area contributed by atoms with Gasteiger partial charge in [0.1, 0.15) is 0 Å². The second-order valence-corrected chi connectivity index (χ2v) is 6.19. The van der Waals surface area contributed by atoms with E-state index < -0.39 is 0 Å². The summed E-state index contributed by atoms with van der Waals surface area (Å²) in [6.07, 6.45) is 0.980. The first-order chi connectivity index (χ1) is 7.08. The van der Waals surface area contributed by atoms with Crippen molar-refractivity contribution >= 4 is 35.0 Å². The zero-order chi connectivity index (χ0) is 11.0. The number of fused-ring (bicyclic) bond motifs is 1. The van der Waals surface area contributed by atoms with Crippen LogP contribution in [0.4, 0.5) is 0 Å². The Morgan fingerprint density at radius 1 is 1.40 bits per heavy atom. The van der Waals surface area contributed by atoms with Crippen molar-refractivity contribution in [1.29, 1.82) is 0 Å². The standard InChI is InChI=1S/C11H13Cl2NS/c1-6-2-11(14)8-3-7(12)4-10(13)9(8)5-15-6/h3-4,6,11H,2,5,14H2,1H3/t6?,11-/m0/s1. The minimum atomic E-state index is 0.0567. The van der Waals surface area contributed by atoms with Crippen LogP contribution >= 0.6 is 35.0 Å². The van der Waals surface area contributed by atoms with Gasteiger partial charge in [-0.05, 0) is 29.7 Å². The van der Waals surface area contributed by atoms with Crippen molar-refractivity contribution < 1.29 is 0 Å². The molecule has 0 aliphatic carbocycles. The Bertz CT molecular complexity index is 381. The Morgan fingerprint density at radius 3 is 2.87 bits per heavy atom. The van der Waals surface area contributed by atoms with Crippen LogP contribution in [-0.4, -0.2) is 5.25 Å². The molecule has 82 valence electrons. The summed E-state index contributed by atoms with van der Waals surface area (Å²) in [5.41, 5.74) is 8.41. The van der Waals surface area contributed by atoms with Gasteiger partial charge in [0.2, 0.25) is 0 Å². The highest BCUT2D eigenvalue weighted by molar-refractivity contribution is 7.99. The SMILES string of the molecule is CC1C[C@H](N)c2cc(Cl)cc(Cl)c2CS1. The van der Waals surface area contributed by atoms with E-state index in [1.165, 1.54) is 0 Å². The van der Waals surface area contributed by atoms with E-state index in [1.54, 1.807) is 6.07 Å². The molecule has 0 saturated carbocycles. The third kappa shape index (κ3) is 2.44. The predicted octanol–water partition coefficient (Wildman–Crippen LogP) is 4.02. The maximum absolute atomic E-state index is 6.18. The topological polar surface area (TPSA) is 26.0 Å². The number of nitrogens with two attached hydrogens (primary N) is 1. The monoisotopic (exact) mass is 261 g/mol. The first kappa shape index (κ1) is 11.6. The maximum Gasteiger partial charge on any atom is 0.0464 e. The van der Waals surface area contributed by atoms with Crippen LogP contribution < -0.4 is 5.73 Å². The fourth-order valence-corrected chi connectivity index (χ4v) is 3.66. The van der Waals surface area contributed by atoms with Crippen LogP contribution in [0.5, 0.6) is 0 Å². The second-order valence-electron chi connectivity index (χ2n) is 3.92. The molecule has 0 amide bonds. The molecule has 1 aromatic carbocycles. The Morgan fingerprint density at radius 2 is 2.13 bits per heavy atom. The number of hydrogen-bond acceptors (Lipinski definition) is 2. The first-order valence-electron chi connectivity index (χ1n) is 4.93. The molecule has 0 fully saturated rings. The molecule has 15 heavy (non-hydrogen) atoms. The molecule has 1 aliphatic heterocycles. The molecule has 0 radical (unpaired) electrons. The third-order valence-electron chi connectivity index (χ3n) is 2.69. The van der Waals surface area contributed by atoms with Crippen molar-refractivity contribution in [1.82, 2.24) is 0 Å². The van der Waals surface area contributed by atoms with Gasteiger partial charge in [-0.15, -0.1) is 0 Å². The molecule has 0 spiro atoms. The average molecular weight is 262 g/mol. The summed E-state index contributed by atoms with van der Waals surface area (Å²) in [7, 11) is 0. The van der Waals surface area contributed by atoms with Crippen molar-refractivity contribution in [2.45, 2.75) is 30.4 Å². The van der Waals surface area contributed by atoms with Gasteiger partial charge in [0, 0.05) is 27.1 Å². The minimum absolute atomic E-state index is 0.0567. The van der Waals surface area contributed by atoms with Gasteiger partial charge in [-0.2, -0.15) is 11.8 Å². The van der Waals surface area contributed by atoms with Gasteiger partial charge in [-0.25, -0.2) is 0 Å². The van der Waals surface area contributed by atoms with Gasteiger partial charge in [0.05, 0.1) is 0 Å². The maximum atomic E-state index is 6.18. The highest BCUT2D eigenvalue weighted by atomic mass is 35.5. The molecule has 1 aromatic rings. The Labute approximate surface area is 104 Å². The van der Waals surface area contributed by atoms with E-state index in [4.69, 9.17) is 28.9 Å². The number of hydrogen-bond donors (Lipinski definition) is 1. The summed E-state index contributed by atoms with van der Waals surface area (Å²) in [6.45, 7) is 2.20. The fraction of sp³-hybridized carbons (Fsp3) is 0.455. The van der Waals surface area contributed by atoms with Gasteiger partial charge in [-0.1, -0.05) is 30.1 Å². The van der Waals surface area contributed by atoms with E-state index in [2.05, 4.69) is 6.92 Å². The van der Waals surface area contributed by atoms with E-state index in [0.29, 0.717) is 10.3 Å². The van der Waals surface area contributed by atoms with E-state index in [9.17, 15) is 0 Å². The number of rotatable bonds is 0. The van der Waals surface area contributed by atoms with Crippen molar-refractivity contribution in [3.05, 3.63) is 33.3 Å². The second kappa shape index (κ2) is 4.54. The Balaban J connectivity index is 2.48. The van der Waals surface area contributed by atoms with Gasteiger partial charge >= 0.3 is 0 Å². The number of thioether (sulfide) groups is 1. The largest absolute Gasteiger partial charge is 0.324 e. The van der Waals surface area contributed by atoms with Crippen LogP contribution in [0, 0.1) is 0 Å². The summed E-state index contributed by atoms with van der Waals surface area (Å²) in [4.78, 5) is 0. The summed E-state index contributed by atoms with van der Waals surface area (Å²) < 4.78 is 0. The zero-order valence-electron chi connectivity index (χ0n) is 8.47. The molecule has 0 saturated heterocycles. The molecule has 2 N–H and O–H groups in total. The lowest BCUT2D eigenvalue weighted by Crippen LogP contribution is -2.14. The molecule has 2 rings (SSSR count). The van der Waals surface area contributed by atoms with Crippen LogP contribution in [-0.2, 0) is 5.75 Å². The lowest BCUT2D eigenvalue weighted by molar-refractivity contribution is 0.651. The summed E-state index contributed by atoms with van der Waals surface area (Å²) in [5, 5.41) is 1.99. The van der Waals surface area contributed by atoms with Crippen molar-refractivity contribution in [3.63, 3.8) is 0 Å². The van der Waals surface area contributed by atoms with Crippen LogP contribution in [0.1, 0.15) is 30.5 Å². The molecule has 0 bridgehead atoms. The highest BCUT2D eigenvalue weighted by Crippen LogP contribution is 2.38. The summed E-state index contributed by atoms with van der Waals surface area (Å²) in [6, 6.07) is 3.80. The number of benzene rings is 1. The fourth-order valence-electron chi connectivity index (χ4n) is 1.88. The van der Waals surface area contributed by atoms with Crippen LogP contribution in [0.15, 0.2) is 12.1 Å². The number of halogens is 2. The Hall–Kier alpha value is 0.110. The van der Waals surface area contributed by atoms with Gasteiger partial charge < -0.3 is 5.73 Å². The van der Waals surface area contributed by atoms with Crippen molar-refractivity contribution in [2.75, 3.05) is 0 Å². The Kier molecular flexibility index (Phi) is 3.51. The smallest absolute Gasteiger partial charge is 0.0464 e. The lowest BCUT2D eigenvalue weighted by Gasteiger charge is -2.14. The molecule has 1 nitrogen and oxygen atoms in total. The zero-order valence-corrected chi connectivity index (χ0v) is 10.8. The molecule has 0 aromatic heterocycles. The van der Waals surface area contributed by atoms with E-state index in [-0.39, 0.29) is 6.04 Å². The molecular formula is C11H13Cl2NS. The van der Waals surface area contributed by atoms with Gasteiger partial charge in [0.25, 0.3) is 0 Å². The average Bonchev–Trinajstić information content (AvgIpc) is 2.27. The quantitative estimate of drug-likeness (QED) is 0.764. The molecule has 4 heteroatoms. The summed E-state index contributed by atoms with van der Waals surface area (Å²) >= 11 is 14.1. The molecule has 2 atom stereocenters. The molecule has 1 heterocycles. The minimum Gasteiger partial charge on any atom is -0.324 e. The summed E-state index contributed by atoms with van der Waals surface area (Å²) in [5.74, 6) is 0.931.